The van der Waals surface area contributed by atoms with Crippen molar-refractivity contribution in [3.63, 3.8) is 0 Å². The zero-order chi connectivity index (χ0) is 19.5. The summed E-state index contributed by atoms with van der Waals surface area (Å²) in [5.41, 5.74) is 4.88. The van der Waals surface area contributed by atoms with Crippen molar-refractivity contribution in [2.45, 2.75) is 19.4 Å². The third kappa shape index (κ3) is 402. The molecule has 0 saturated heterocycles. The Bertz CT molecular complexity index is 163. The normalized spacial score (nSPS) is 7.50. The summed E-state index contributed by atoms with van der Waals surface area (Å²) in [6, 6.07) is 0. The van der Waals surface area contributed by atoms with E-state index < -0.39 is 34.8 Å². The predicted molar refractivity (Wildman–Crippen MR) is 77.2 cm³/mol. The standard InChI is InChI=1S/C4H11NO.4BH3O3.2K.2H/c1-4(2,5)3-6;4*2-1(3)4;;;;/h6H,3,5H2,1-2H3;4*2-4H;;;;/q;;;;;2*+1;2*-1. The molecular formula is C4H25B4K2NO13. The summed E-state index contributed by atoms with van der Waals surface area (Å²) in [7, 11) is -8.67. The first-order chi connectivity index (χ1) is 9.49. The van der Waals surface area contributed by atoms with Crippen LogP contribution < -0.4 is 109 Å². The molecule has 15 N–H and O–H groups in total. The third-order valence-electron chi connectivity index (χ3n) is 0.408. The van der Waals surface area contributed by atoms with Gasteiger partial charge in [0.25, 0.3) is 0 Å². The molecule has 138 valence electrons. The third-order valence-corrected chi connectivity index (χ3v) is 0.408. The minimum atomic E-state index is -2.17. The van der Waals surface area contributed by atoms with Crippen molar-refractivity contribution in [2.24, 2.45) is 5.73 Å². The summed E-state index contributed by atoms with van der Waals surface area (Å²) >= 11 is 0. The second-order valence-electron chi connectivity index (χ2n) is 3.53. The number of nitrogens with two attached hydrogens (primary N) is 1. The monoisotopic (exact) mass is 417 g/mol. The first kappa shape index (κ1) is 45.6. The molecule has 0 radical (unpaired) electrons. The maximum absolute atomic E-state index is 8.28. The number of rotatable bonds is 1. The Labute approximate surface area is 228 Å². The van der Waals surface area contributed by atoms with Crippen LogP contribution in [0.15, 0.2) is 0 Å². The summed E-state index contributed by atoms with van der Waals surface area (Å²) in [5, 5.41) is 94.3. The largest absolute Gasteiger partial charge is 1.00 e. The van der Waals surface area contributed by atoms with E-state index in [2.05, 4.69) is 0 Å². The van der Waals surface area contributed by atoms with Crippen LogP contribution in [0.25, 0.3) is 0 Å². The fourth-order valence-electron chi connectivity index (χ4n) is 0. The molecule has 0 spiro atoms. The molecule has 0 aliphatic rings. The molecular weight excluding hydrogens is 391 g/mol. The zero-order valence-corrected chi connectivity index (χ0v) is 20.2. The van der Waals surface area contributed by atoms with Gasteiger partial charge in [0.15, 0.2) is 0 Å². The van der Waals surface area contributed by atoms with Crippen LogP contribution in [0.1, 0.15) is 16.7 Å². The van der Waals surface area contributed by atoms with Gasteiger partial charge in [0.2, 0.25) is 0 Å². The summed E-state index contributed by atoms with van der Waals surface area (Å²) in [6.45, 7) is 3.59. The van der Waals surface area contributed by atoms with Gasteiger partial charge in [0.05, 0.1) is 6.61 Å². The van der Waals surface area contributed by atoms with Gasteiger partial charge in [0, 0.05) is 5.54 Å². The van der Waals surface area contributed by atoms with Crippen molar-refractivity contribution >= 4 is 29.3 Å². The van der Waals surface area contributed by atoms with Crippen molar-refractivity contribution in [3.05, 3.63) is 0 Å². The summed E-state index contributed by atoms with van der Waals surface area (Å²) in [6.07, 6.45) is 0. The second kappa shape index (κ2) is 33.5. The van der Waals surface area contributed by atoms with E-state index in [0.717, 1.165) is 0 Å². The molecule has 0 aromatic carbocycles. The Hall–Kier alpha value is 2.97. The number of hydrogen-bond acceptors (Lipinski definition) is 14. The van der Waals surface area contributed by atoms with Crippen molar-refractivity contribution in [3.8, 4) is 0 Å². The van der Waals surface area contributed by atoms with Crippen LogP contribution in [0.5, 0.6) is 0 Å². The Morgan fingerprint density at radius 3 is 0.667 bits per heavy atom. The molecule has 0 amide bonds. The first-order valence-electron chi connectivity index (χ1n) is 5.06. The van der Waals surface area contributed by atoms with E-state index >= 15 is 0 Å². The molecule has 0 atom stereocenters. The molecule has 0 heterocycles. The fraction of sp³-hybridized carbons (Fsp3) is 1.00. The van der Waals surface area contributed by atoms with Gasteiger partial charge in [-0.05, 0) is 13.8 Å². The van der Waals surface area contributed by atoms with Gasteiger partial charge in [-0.15, -0.1) is 0 Å². The predicted octanol–water partition coefficient (Wildman–Crippen LogP) is -14.3. The smallest absolute Gasteiger partial charge is 1.00 e. The molecule has 0 aromatic heterocycles. The Morgan fingerprint density at radius 2 is 0.667 bits per heavy atom. The van der Waals surface area contributed by atoms with Crippen LogP contribution in [0, 0.1) is 0 Å². The minimum absolute atomic E-state index is 0. The number of hydrogen-bond donors (Lipinski definition) is 14. The molecule has 0 saturated carbocycles. The summed E-state index contributed by atoms with van der Waals surface area (Å²) in [4.78, 5) is 0. The number of aliphatic hydroxyl groups excluding tert-OH is 1. The minimum Gasteiger partial charge on any atom is -1.00 e. The average Bonchev–Trinajstić information content (AvgIpc) is 2.12. The van der Waals surface area contributed by atoms with E-state index in [1.807, 2.05) is 0 Å². The van der Waals surface area contributed by atoms with Crippen molar-refractivity contribution in [2.75, 3.05) is 6.61 Å². The summed E-state index contributed by atoms with van der Waals surface area (Å²) in [5.74, 6) is 0. The van der Waals surface area contributed by atoms with E-state index in [1.165, 1.54) is 0 Å². The van der Waals surface area contributed by atoms with Gasteiger partial charge < -0.3 is 74.0 Å². The van der Waals surface area contributed by atoms with Gasteiger partial charge in [-0.2, -0.15) is 0 Å². The molecule has 0 fully saturated rings. The van der Waals surface area contributed by atoms with Crippen LogP contribution in [0.4, 0.5) is 0 Å². The topological polar surface area (TPSA) is 289 Å². The van der Waals surface area contributed by atoms with Crippen LogP contribution >= 0.6 is 0 Å². The van der Waals surface area contributed by atoms with Gasteiger partial charge >= 0.3 is 132 Å². The fourth-order valence-corrected chi connectivity index (χ4v) is 0. The van der Waals surface area contributed by atoms with Crippen molar-refractivity contribution in [1.82, 2.24) is 0 Å². The van der Waals surface area contributed by atoms with Gasteiger partial charge in [-0.25, -0.2) is 0 Å². The van der Waals surface area contributed by atoms with E-state index in [1.54, 1.807) is 13.8 Å². The quantitative estimate of drug-likeness (QED) is 0.176. The molecule has 0 unspecified atom stereocenters. The van der Waals surface area contributed by atoms with E-state index in [-0.39, 0.29) is 112 Å². The molecule has 24 heavy (non-hydrogen) atoms. The van der Waals surface area contributed by atoms with Crippen LogP contribution in [-0.4, -0.2) is 107 Å². The zero-order valence-electron chi connectivity index (χ0n) is 15.9. The maximum Gasteiger partial charge on any atom is 1.00 e. The van der Waals surface area contributed by atoms with Gasteiger partial charge in [-0.1, -0.05) is 0 Å². The van der Waals surface area contributed by atoms with Crippen LogP contribution in [0.2, 0.25) is 0 Å². The maximum atomic E-state index is 8.28. The van der Waals surface area contributed by atoms with E-state index in [9.17, 15) is 0 Å². The summed E-state index contributed by atoms with van der Waals surface area (Å²) < 4.78 is 0. The Kier molecular flexibility index (Phi) is 63.8. The average molecular weight is 417 g/mol. The molecule has 0 bridgehead atoms. The first-order valence-corrected chi connectivity index (χ1v) is 5.06. The van der Waals surface area contributed by atoms with Crippen LogP contribution in [0.3, 0.4) is 0 Å². The molecule has 0 aliphatic heterocycles. The molecule has 20 heteroatoms. The Morgan fingerprint density at radius 1 is 0.625 bits per heavy atom. The Balaban J connectivity index is -0.0000000193. The molecule has 14 nitrogen and oxygen atoms in total. The van der Waals surface area contributed by atoms with Gasteiger partial charge in [0.1, 0.15) is 0 Å². The van der Waals surface area contributed by atoms with Crippen LogP contribution in [-0.2, 0) is 0 Å². The molecule has 0 aliphatic carbocycles. The van der Waals surface area contributed by atoms with Crippen molar-refractivity contribution in [1.29, 1.82) is 0 Å². The SMILES string of the molecule is CC(C)(N)CO.OB(O)O.OB(O)O.OB(O)O.OB(O)O.[H-].[H-].[K+].[K+]. The molecule has 0 aromatic rings. The second-order valence-corrected chi connectivity index (χ2v) is 3.53. The van der Waals surface area contributed by atoms with Crippen molar-refractivity contribution < 1.29 is 171 Å². The number of aliphatic hydroxyl groups is 1. The van der Waals surface area contributed by atoms with E-state index in [4.69, 9.17) is 71.1 Å². The molecule has 0 rings (SSSR count). The van der Waals surface area contributed by atoms with Gasteiger partial charge in [-0.3, -0.25) is 0 Å². The van der Waals surface area contributed by atoms with E-state index in [0.29, 0.717) is 0 Å².